The van der Waals surface area contributed by atoms with Crippen molar-refractivity contribution in [1.29, 1.82) is 0 Å². The van der Waals surface area contributed by atoms with Gasteiger partial charge >= 0.3 is 0 Å². The van der Waals surface area contributed by atoms with Gasteiger partial charge in [-0.2, -0.15) is 11.8 Å². The first-order chi connectivity index (χ1) is 3.00. The van der Waals surface area contributed by atoms with E-state index in [1.165, 1.54) is 24.6 Å². The number of nitrogens with one attached hydrogen (secondary N) is 1. The number of hydrogen-bond donors (Lipinski definition) is 1. The summed E-state index contributed by atoms with van der Waals surface area (Å²) in [5.41, 5.74) is 0. The van der Waals surface area contributed by atoms with Crippen LogP contribution in [-0.4, -0.2) is 24.6 Å². The van der Waals surface area contributed by atoms with E-state index >= 15 is 0 Å². The smallest absolute Gasteiger partial charge is 0.00585 e. The maximum absolute atomic E-state index is 3.26. The molecule has 1 N–H and O–H groups in total. The predicted octanol–water partition coefficient (Wildman–Crippen LogP) is 0.745. The molecule has 1 aliphatic rings. The van der Waals surface area contributed by atoms with Crippen LogP contribution in [0.5, 0.6) is 0 Å². The summed E-state index contributed by atoms with van der Waals surface area (Å²) < 4.78 is 0. The zero-order valence-corrected chi connectivity index (χ0v) is 5.78. The zero-order valence-electron chi connectivity index (χ0n) is 4.14. The van der Waals surface area contributed by atoms with Gasteiger partial charge in [-0.25, -0.2) is 0 Å². The average molecular weight is 144 g/mol. The highest BCUT2D eigenvalue weighted by atomic mass is 35.5. The average Bonchev–Trinajstić information content (AvgIpc) is 1.72. The summed E-state index contributed by atoms with van der Waals surface area (Å²) in [6, 6.07) is 0. The number of thioether (sulfide) groups is 1. The van der Waals surface area contributed by atoms with E-state index in [1.807, 2.05) is 11.8 Å². The van der Waals surface area contributed by atoms with Crippen molar-refractivity contribution < 1.29 is 0 Å². The summed E-state index contributed by atoms with van der Waals surface area (Å²) in [7, 11) is 0. The van der Waals surface area contributed by atoms with E-state index in [4.69, 9.17) is 0 Å². The van der Waals surface area contributed by atoms with Gasteiger partial charge in [-0.15, -0.1) is 12.4 Å². The highest BCUT2D eigenvalue weighted by molar-refractivity contribution is 7.99. The summed E-state index contributed by atoms with van der Waals surface area (Å²) >= 11 is 2.03. The molecule has 0 spiro atoms. The van der Waals surface area contributed by atoms with E-state index in [-0.39, 0.29) is 12.4 Å². The molecule has 0 bridgehead atoms. The summed E-state index contributed by atoms with van der Waals surface area (Å²) in [5, 5.41) is 3.26. The van der Waals surface area contributed by atoms with Crippen LogP contribution in [0.1, 0.15) is 0 Å². The van der Waals surface area contributed by atoms with Crippen LogP contribution in [-0.2, 0) is 0 Å². The van der Waals surface area contributed by atoms with Crippen molar-refractivity contribution >= 4 is 24.2 Å². The van der Waals surface area contributed by atoms with Crippen molar-refractivity contribution in [2.24, 2.45) is 0 Å². The van der Waals surface area contributed by atoms with Crippen LogP contribution in [0, 0.1) is 0 Å². The molecule has 0 aliphatic carbocycles. The summed E-state index contributed by atoms with van der Waals surface area (Å²) in [6.45, 7) is 2.43. The van der Waals surface area contributed by atoms with E-state index in [0.717, 1.165) is 0 Å². The minimum atomic E-state index is 0. The number of rotatable bonds is 0. The van der Waals surface area contributed by atoms with Crippen LogP contribution < -0.4 is 5.32 Å². The third-order valence-electron chi connectivity index (χ3n) is 0.846. The molecular formula is C4H10ClNS. The number of halogens is 1. The van der Waals surface area contributed by atoms with Gasteiger partial charge in [-0.1, -0.05) is 0 Å². The standard InChI is InChI=1S/C4H9NS.ClH/c1-3-6-4-2-5-1;/h5H,1-4H2;1H/i1+1,2+1,3+1,4+1;. The van der Waals surface area contributed by atoms with Gasteiger partial charge in [-0.3, -0.25) is 0 Å². The Morgan fingerprint density at radius 1 is 1.14 bits per heavy atom. The second-order valence-electron chi connectivity index (χ2n) is 1.36. The molecule has 1 saturated heterocycles. The molecule has 0 aromatic rings. The van der Waals surface area contributed by atoms with E-state index < -0.39 is 0 Å². The Morgan fingerprint density at radius 3 is 1.86 bits per heavy atom. The third kappa shape index (κ3) is 3.21. The van der Waals surface area contributed by atoms with E-state index in [9.17, 15) is 0 Å². The quantitative estimate of drug-likeness (QED) is 0.503. The maximum atomic E-state index is 3.26. The molecule has 0 aromatic carbocycles. The van der Waals surface area contributed by atoms with Gasteiger partial charge in [0, 0.05) is 24.6 Å². The second-order valence-corrected chi connectivity index (χ2v) is 2.59. The van der Waals surface area contributed by atoms with Crippen LogP contribution in [0.25, 0.3) is 0 Å². The van der Waals surface area contributed by atoms with Crippen LogP contribution in [0.2, 0.25) is 0 Å². The Kier molecular flexibility index (Phi) is 5.16. The molecular weight excluding hydrogens is 134 g/mol. The van der Waals surface area contributed by atoms with Gasteiger partial charge in [0.05, 0.1) is 0 Å². The minimum absolute atomic E-state index is 0. The lowest BCUT2D eigenvalue weighted by Crippen LogP contribution is -2.24. The van der Waals surface area contributed by atoms with E-state index in [1.54, 1.807) is 0 Å². The van der Waals surface area contributed by atoms with Gasteiger partial charge in [0.25, 0.3) is 0 Å². The van der Waals surface area contributed by atoms with Crippen LogP contribution in [0.4, 0.5) is 0 Å². The molecule has 0 saturated carbocycles. The lowest BCUT2D eigenvalue weighted by molar-refractivity contribution is 0.756. The van der Waals surface area contributed by atoms with E-state index in [0.29, 0.717) is 0 Å². The Hall–Kier alpha value is 0.600. The molecule has 0 unspecified atom stereocenters. The van der Waals surface area contributed by atoms with Gasteiger partial charge in [0.2, 0.25) is 0 Å². The largest absolute Gasteiger partial charge is 0.315 e. The fourth-order valence-electron chi connectivity index (χ4n) is 0.516. The lowest BCUT2D eigenvalue weighted by Gasteiger charge is -2.08. The first kappa shape index (κ1) is 7.60. The fraction of sp³-hybridized carbons (Fsp3) is 1.00. The predicted molar refractivity (Wildman–Crippen MR) is 37.4 cm³/mol. The van der Waals surface area contributed by atoms with Crippen molar-refractivity contribution in [2.45, 2.75) is 0 Å². The molecule has 1 aliphatic heterocycles. The Morgan fingerprint density at radius 2 is 1.71 bits per heavy atom. The topological polar surface area (TPSA) is 12.0 Å². The summed E-state index contributed by atoms with van der Waals surface area (Å²) in [6.07, 6.45) is 0. The molecule has 7 heavy (non-hydrogen) atoms. The van der Waals surface area contributed by atoms with E-state index in [2.05, 4.69) is 5.32 Å². The van der Waals surface area contributed by atoms with Gasteiger partial charge in [-0.05, 0) is 0 Å². The van der Waals surface area contributed by atoms with Crippen molar-refractivity contribution in [3.05, 3.63) is 0 Å². The maximum Gasteiger partial charge on any atom is 0.00585 e. The Labute approximate surface area is 54.7 Å². The summed E-state index contributed by atoms with van der Waals surface area (Å²) in [4.78, 5) is 0. The monoisotopic (exact) mass is 143 g/mol. The highest BCUT2D eigenvalue weighted by Gasteiger charge is 1.93. The number of hydrogen-bond acceptors (Lipinski definition) is 2. The van der Waals surface area contributed by atoms with Crippen LogP contribution in [0.15, 0.2) is 0 Å². The highest BCUT2D eigenvalue weighted by Crippen LogP contribution is 1.99. The van der Waals surface area contributed by atoms with Gasteiger partial charge in [0.15, 0.2) is 0 Å². The molecule has 1 fully saturated rings. The SMILES string of the molecule is Cl.[13CH2]1[13CH2]S[13CH2][13CH2]N1. The lowest BCUT2D eigenvalue weighted by atomic mass is 11.5. The van der Waals surface area contributed by atoms with Crippen molar-refractivity contribution in [2.75, 3.05) is 24.6 Å². The van der Waals surface area contributed by atoms with Gasteiger partial charge < -0.3 is 5.32 Å². The normalized spacial score (nSPS) is 20.6. The van der Waals surface area contributed by atoms with Crippen LogP contribution in [0.3, 0.4) is 0 Å². The second kappa shape index (κ2) is 4.75. The van der Waals surface area contributed by atoms with Crippen molar-refractivity contribution in [3.8, 4) is 0 Å². The van der Waals surface area contributed by atoms with Crippen molar-refractivity contribution in [3.63, 3.8) is 0 Å². The van der Waals surface area contributed by atoms with Crippen molar-refractivity contribution in [1.82, 2.24) is 5.32 Å². The molecule has 0 amide bonds. The molecule has 0 atom stereocenters. The molecule has 0 aromatic heterocycles. The first-order valence-electron chi connectivity index (χ1n) is 2.28. The molecule has 0 radical (unpaired) electrons. The molecule has 1 rings (SSSR count). The third-order valence-corrected chi connectivity index (χ3v) is 1.83. The minimum Gasteiger partial charge on any atom is -0.315 e. The zero-order chi connectivity index (χ0) is 4.24. The Bertz CT molecular complexity index is 27.2. The fourth-order valence-corrected chi connectivity index (χ4v) is 1.30. The Balaban J connectivity index is 0.000000360. The molecule has 3 heteroatoms. The van der Waals surface area contributed by atoms with Crippen LogP contribution >= 0.6 is 24.2 Å². The summed E-state index contributed by atoms with van der Waals surface area (Å²) in [5.74, 6) is 2.61. The molecule has 44 valence electrons. The van der Waals surface area contributed by atoms with Gasteiger partial charge in [0.1, 0.15) is 0 Å². The first-order valence-corrected chi connectivity index (χ1v) is 3.44. The molecule has 1 nitrogen and oxygen atoms in total. The molecule has 1 heterocycles.